The first-order chi connectivity index (χ1) is 8.43. The van der Waals surface area contributed by atoms with Crippen molar-refractivity contribution < 1.29 is 13.0 Å². The van der Waals surface area contributed by atoms with Gasteiger partial charge in [0, 0.05) is 5.39 Å². The lowest BCUT2D eigenvalue weighted by molar-refractivity contribution is 0.484. The molecule has 0 aliphatic rings. The molecule has 0 fully saturated rings. The highest BCUT2D eigenvalue weighted by Crippen LogP contribution is 2.29. The molecule has 1 N–H and O–H groups in total. The Labute approximate surface area is 107 Å². The minimum atomic E-state index is -4.19. The van der Waals surface area contributed by atoms with Gasteiger partial charge in [-0.2, -0.15) is 8.42 Å². The maximum absolute atomic E-state index is 11.5. The van der Waals surface area contributed by atoms with E-state index in [1.54, 1.807) is 18.2 Å². The van der Waals surface area contributed by atoms with E-state index in [-0.39, 0.29) is 10.8 Å². The molecule has 0 spiro atoms. The summed E-state index contributed by atoms with van der Waals surface area (Å²) in [6.45, 7) is 4.09. The summed E-state index contributed by atoms with van der Waals surface area (Å²) in [6, 6.07) is 10.7. The van der Waals surface area contributed by atoms with Gasteiger partial charge in [0.15, 0.2) is 0 Å². The Bertz CT molecular complexity index is 674. The van der Waals surface area contributed by atoms with Crippen LogP contribution in [-0.2, 0) is 10.1 Å². The largest absolute Gasteiger partial charge is 0.295 e. The number of fused-ring (bicyclic) bond motifs is 1. The van der Waals surface area contributed by atoms with E-state index in [1.807, 2.05) is 32.0 Å². The summed E-state index contributed by atoms with van der Waals surface area (Å²) in [6.07, 6.45) is 0.920. The lowest BCUT2D eigenvalue weighted by Crippen LogP contribution is -2.02. The number of hydrogen-bond acceptors (Lipinski definition) is 2. The van der Waals surface area contributed by atoms with Crippen molar-refractivity contribution in [2.45, 2.75) is 31.1 Å². The lowest BCUT2D eigenvalue weighted by Gasteiger charge is -2.12. The van der Waals surface area contributed by atoms with Gasteiger partial charge in [-0.1, -0.05) is 44.2 Å². The highest BCUT2D eigenvalue weighted by Gasteiger charge is 2.16. The van der Waals surface area contributed by atoms with Crippen molar-refractivity contribution in [3.05, 3.63) is 42.0 Å². The fraction of sp³-hybridized carbons (Fsp3) is 0.286. The van der Waals surface area contributed by atoms with Crippen molar-refractivity contribution in [2.24, 2.45) is 0 Å². The third kappa shape index (κ3) is 2.40. The summed E-state index contributed by atoms with van der Waals surface area (Å²) in [5.41, 5.74) is 0.934. The van der Waals surface area contributed by atoms with Crippen molar-refractivity contribution in [3.63, 3.8) is 0 Å². The minimum absolute atomic E-state index is 0.00380. The average Bonchev–Trinajstić information content (AvgIpc) is 2.35. The smallest absolute Gasteiger partial charge is 0.282 e. The van der Waals surface area contributed by atoms with Crippen LogP contribution in [-0.4, -0.2) is 13.0 Å². The monoisotopic (exact) mass is 264 g/mol. The van der Waals surface area contributed by atoms with E-state index in [0.717, 1.165) is 17.4 Å². The molecule has 2 aromatic carbocycles. The molecule has 3 nitrogen and oxygen atoms in total. The van der Waals surface area contributed by atoms with E-state index in [1.165, 1.54) is 0 Å². The molecule has 1 atom stereocenters. The minimum Gasteiger partial charge on any atom is -0.282 e. The van der Waals surface area contributed by atoms with Crippen LogP contribution in [0.1, 0.15) is 31.7 Å². The lowest BCUT2D eigenvalue weighted by atomic mass is 9.96. The fourth-order valence-electron chi connectivity index (χ4n) is 2.03. The molecule has 0 amide bonds. The van der Waals surface area contributed by atoms with Crippen molar-refractivity contribution in [1.82, 2.24) is 0 Å². The molecule has 0 aliphatic heterocycles. The molecular weight excluding hydrogens is 248 g/mol. The zero-order chi connectivity index (χ0) is 13.3. The second kappa shape index (κ2) is 4.71. The Balaban J connectivity index is 2.81. The summed E-state index contributed by atoms with van der Waals surface area (Å²) >= 11 is 0. The topological polar surface area (TPSA) is 54.4 Å². The first-order valence-corrected chi connectivity index (χ1v) is 7.37. The van der Waals surface area contributed by atoms with Crippen LogP contribution in [0.15, 0.2) is 41.3 Å². The predicted octanol–water partition coefficient (Wildman–Crippen LogP) is 3.60. The molecule has 2 rings (SSSR count). The molecule has 4 heteroatoms. The van der Waals surface area contributed by atoms with Gasteiger partial charge < -0.3 is 0 Å². The maximum atomic E-state index is 11.5. The Morgan fingerprint density at radius 3 is 2.50 bits per heavy atom. The van der Waals surface area contributed by atoms with Crippen LogP contribution in [0, 0.1) is 0 Å². The standard InChI is InChI=1S/C14H16O3S/c1-3-10(2)12-8-11-6-4-5-7-13(11)14(9-12)18(15,16)17/h4-10H,3H2,1-2H3,(H,15,16,17). The van der Waals surface area contributed by atoms with Crippen molar-refractivity contribution in [3.8, 4) is 0 Å². The molecule has 0 bridgehead atoms. The molecule has 2 aromatic rings. The van der Waals surface area contributed by atoms with Crippen molar-refractivity contribution >= 4 is 20.9 Å². The quantitative estimate of drug-likeness (QED) is 0.862. The molecule has 0 heterocycles. The molecule has 18 heavy (non-hydrogen) atoms. The first-order valence-electron chi connectivity index (χ1n) is 5.93. The van der Waals surface area contributed by atoms with E-state index in [2.05, 4.69) is 0 Å². The van der Waals surface area contributed by atoms with Crippen molar-refractivity contribution in [1.29, 1.82) is 0 Å². The summed E-state index contributed by atoms with van der Waals surface area (Å²) in [5, 5.41) is 1.40. The van der Waals surface area contributed by atoms with E-state index in [4.69, 9.17) is 0 Å². The molecule has 96 valence electrons. The Morgan fingerprint density at radius 1 is 1.22 bits per heavy atom. The molecule has 0 radical (unpaired) electrons. The summed E-state index contributed by atoms with van der Waals surface area (Å²) in [4.78, 5) is -0.00380. The third-order valence-corrected chi connectivity index (χ3v) is 4.20. The van der Waals surface area contributed by atoms with Gasteiger partial charge in [-0.3, -0.25) is 4.55 Å². The molecule has 0 aliphatic carbocycles. The zero-order valence-corrected chi connectivity index (χ0v) is 11.2. The van der Waals surface area contributed by atoms with Crippen LogP contribution in [0.2, 0.25) is 0 Å². The predicted molar refractivity (Wildman–Crippen MR) is 72.5 cm³/mol. The van der Waals surface area contributed by atoms with E-state index in [0.29, 0.717) is 5.39 Å². The molecule has 0 saturated carbocycles. The van der Waals surface area contributed by atoms with E-state index >= 15 is 0 Å². The zero-order valence-electron chi connectivity index (χ0n) is 10.4. The van der Waals surface area contributed by atoms with E-state index < -0.39 is 10.1 Å². The highest BCUT2D eigenvalue weighted by atomic mass is 32.2. The van der Waals surface area contributed by atoms with Crippen LogP contribution < -0.4 is 0 Å². The van der Waals surface area contributed by atoms with Gasteiger partial charge in [0.2, 0.25) is 0 Å². The van der Waals surface area contributed by atoms with Crippen LogP contribution >= 0.6 is 0 Å². The Morgan fingerprint density at radius 2 is 1.89 bits per heavy atom. The summed E-state index contributed by atoms with van der Waals surface area (Å²) in [7, 11) is -4.19. The fourth-order valence-corrected chi connectivity index (χ4v) is 2.78. The van der Waals surface area contributed by atoms with Crippen molar-refractivity contribution in [2.75, 3.05) is 0 Å². The normalized spacial score (nSPS) is 13.7. The number of benzene rings is 2. The third-order valence-electron chi connectivity index (χ3n) is 3.31. The molecule has 0 aromatic heterocycles. The summed E-state index contributed by atoms with van der Waals surface area (Å²) in [5.74, 6) is 0.259. The molecule has 0 saturated heterocycles. The average molecular weight is 264 g/mol. The Kier molecular flexibility index (Phi) is 3.41. The van der Waals surface area contributed by atoms with Crippen LogP contribution in [0.5, 0.6) is 0 Å². The summed E-state index contributed by atoms with van der Waals surface area (Å²) < 4.78 is 32.3. The highest BCUT2D eigenvalue weighted by molar-refractivity contribution is 7.86. The van der Waals surface area contributed by atoms with Gasteiger partial charge in [-0.25, -0.2) is 0 Å². The number of hydrogen-bond donors (Lipinski definition) is 1. The van der Waals surface area contributed by atoms with Gasteiger partial charge >= 0.3 is 0 Å². The Hall–Kier alpha value is -1.39. The van der Waals surface area contributed by atoms with Gasteiger partial charge in [0.05, 0.1) is 0 Å². The van der Waals surface area contributed by atoms with Gasteiger partial charge in [-0.05, 0) is 29.4 Å². The van der Waals surface area contributed by atoms with E-state index in [9.17, 15) is 13.0 Å². The van der Waals surface area contributed by atoms with Crippen LogP contribution in [0.4, 0.5) is 0 Å². The second-order valence-electron chi connectivity index (χ2n) is 4.52. The SMILES string of the molecule is CCC(C)c1cc(S(=O)(=O)O)c2ccccc2c1. The van der Waals surface area contributed by atoms with Crippen LogP contribution in [0.25, 0.3) is 10.8 Å². The number of rotatable bonds is 3. The molecule has 1 unspecified atom stereocenters. The maximum Gasteiger partial charge on any atom is 0.295 e. The molecular formula is C14H16O3S. The second-order valence-corrected chi connectivity index (χ2v) is 5.91. The first kappa shape index (κ1) is 13.1. The van der Waals surface area contributed by atoms with Gasteiger partial charge in [-0.15, -0.1) is 0 Å². The van der Waals surface area contributed by atoms with Gasteiger partial charge in [0.1, 0.15) is 4.90 Å². The van der Waals surface area contributed by atoms with Crippen LogP contribution in [0.3, 0.4) is 0 Å². The van der Waals surface area contributed by atoms with Gasteiger partial charge in [0.25, 0.3) is 10.1 Å².